The highest BCUT2D eigenvalue weighted by atomic mass is 16.6. The van der Waals surface area contributed by atoms with Gasteiger partial charge in [0.15, 0.2) is 0 Å². The molecule has 0 radical (unpaired) electrons. The molecule has 6 heteroatoms. The summed E-state index contributed by atoms with van der Waals surface area (Å²) in [5.41, 5.74) is 0. The Balaban J connectivity index is 3.70. The van der Waals surface area contributed by atoms with Gasteiger partial charge < -0.3 is 19.9 Å². The molecule has 1 unspecified atom stereocenters. The standard InChI is InChI=1S/C8H18N2O4/c1-10(12)7-14-8(4-6-11)3-5-9-13-2/h5,8,11-12H,3-4,6-7H2,1-2H3/b9-5-. The van der Waals surface area contributed by atoms with Gasteiger partial charge in [-0.05, 0) is 6.42 Å². The van der Waals surface area contributed by atoms with Crippen molar-refractivity contribution < 1.29 is 19.9 Å². The first-order valence-electron chi connectivity index (χ1n) is 4.38. The van der Waals surface area contributed by atoms with Crippen LogP contribution in [-0.2, 0) is 9.57 Å². The molecule has 84 valence electrons. The second-order valence-electron chi connectivity index (χ2n) is 2.79. The first-order chi connectivity index (χ1) is 6.70. The van der Waals surface area contributed by atoms with E-state index in [1.165, 1.54) is 14.2 Å². The molecule has 0 aromatic heterocycles. The van der Waals surface area contributed by atoms with E-state index in [4.69, 9.17) is 15.1 Å². The van der Waals surface area contributed by atoms with E-state index in [0.29, 0.717) is 12.8 Å². The van der Waals surface area contributed by atoms with Gasteiger partial charge in [-0.3, -0.25) is 0 Å². The lowest BCUT2D eigenvalue weighted by molar-refractivity contribution is -0.158. The molecule has 0 aromatic rings. The maximum absolute atomic E-state index is 8.83. The molecule has 0 heterocycles. The number of hydrogen-bond acceptors (Lipinski definition) is 6. The summed E-state index contributed by atoms with van der Waals surface area (Å²) in [6.07, 6.45) is 2.46. The van der Waals surface area contributed by atoms with E-state index in [1.54, 1.807) is 6.21 Å². The van der Waals surface area contributed by atoms with Crippen molar-refractivity contribution in [3.63, 3.8) is 0 Å². The Morgan fingerprint density at radius 1 is 1.57 bits per heavy atom. The summed E-state index contributed by atoms with van der Waals surface area (Å²) in [4.78, 5) is 4.49. The van der Waals surface area contributed by atoms with Crippen LogP contribution in [0.25, 0.3) is 0 Å². The molecule has 0 aliphatic rings. The third-order valence-electron chi connectivity index (χ3n) is 1.50. The minimum Gasteiger partial charge on any atom is -0.399 e. The van der Waals surface area contributed by atoms with Crippen molar-refractivity contribution >= 4 is 6.21 Å². The quantitative estimate of drug-likeness (QED) is 0.333. The van der Waals surface area contributed by atoms with E-state index in [1.807, 2.05) is 0 Å². The summed E-state index contributed by atoms with van der Waals surface area (Å²) < 4.78 is 5.26. The van der Waals surface area contributed by atoms with Crippen LogP contribution in [-0.4, -0.2) is 55.2 Å². The highest BCUT2D eigenvalue weighted by molar-refractivity contribution is 5.56. The zero-order valence-electron chi connectivity index (χ0n) is 8.59. The van der Waals surface area contributed by atoms with E-state index in [9.17, 15) is 0 Å². The SMILES string of the molecule is CO/N=C\CC(CCO)OCN(C)O. The number of nitrogens with zero attached hydrogens (tertiary/aromatic N) is 2. The van der Waals surface area contributed by atoms with Gasteiger partial charge in [-0.2, -0.15) is 5.06 Å². The van der Waals surface area contributed by atoms with Gasteiger partial charge in [-0.1, -0.05) is 5.16 Å². The lowest BCUT2D eigenvalue weighted by Gasteiger charge is -2.16. The minimum atomic E-state index is -0.159. The molecule has 0 saturated carbocycles. The van der Waals surface area contributed by atoms with Crippen LogP contribution >= 0.6 is 0 Å². The Morgan fingerprint density at radius 3 is 2.79 bits per heavy atom. The van der Waals surface area contributed by atoms with E-state index >= 15 is 0 Å². The van der Waals surface area contributed by atoms with Crippen molar-refractivity contribution in [2.75, 3.05) is 27.5 Å². The van der Waals surface area contributed by atoms with Crippen molar-refractivity contribution in [1.82, 2.24) is 5.06 Å². The predicted octanol–water partition coefficient (Wildman–Crippen LogP) is 0.0548. The summed E-state index contributed by atoms with van der Waals surface area (Å²) in [6.45, 7) is 0.145. The van der Waals surface area contributed by atoms with Crippen LogP contribution in [0.15, 0.2) is 5.16 Å². The van der Waals surface area contributed by atoms with Gasteiger partial charge in [-0.25, -0.2) is 0 Å². The Kier molecular flexibility index (Phi) is 8.45. The number of aliphatic hydroxyl groups is 1. The molecule has 0 fully saturated rings. The fraction of sp³-hybridized carbons (Fsp3) is 0.875. The summed E-state index contributed by atoms with van der Waals surface area (Å²) in [6, 6.07) is 0. The second kappa shape index (κ2) is 8.89. The lowest BCUT2D eigenvalue weighted by Crippen LogP contribution is -2.24. The molecule has 0 bridgehead atoms. The summed E-state index contributed by atoms with van der Waals surface area (Å²) in [7, 11) is 2.94. The third-order valence-corrected chi connectivity index (χ3v) is 1.50. The Labute approximate surface area is 83.7 Å². The molecule has 0 saturated heterocycles. The zero-order chi connectivity index (χ0) is 10.8. The normalized spacial score (nSPS) is 13.8. The lowest BCUT2D eigenvalue weighted by atomic mass is 10.2. The third kappa shape index (κ3) is 7.93. The molecule has 2 N–H and O–H groups in total. The Bertz CT molecular complexity index is 152. The summed E-state index contributed by atoms with van der Waals surface area (Å²) >= 11 is 0. The molecule has 0 spiro atoms. The monoisotopic (exact) mass is 206 g/mol. The van der Waals surface area contributed by atoms with Crippen molar-refractivity contribution in [2.45, 2.75) is 18.9 Å². The minimum absolute atomic E-state index is 0.0423. The van der Waals surface area contributed by atoms with Gasteiger partial charge in [0.2, 0.25) is 0 Å². The smallest absolute Gasteiger partial charge is 0.122 e. The average Bonchev–Trinajstić information content (AvgIpc) is 2.14. The van der Waals surface area contributed by atoms with Crippen molar-refractivity contribution in [1.29, 1.82) is 0 Å². The zero-order valence-corrected chi connectivity index (χ0v) is 8.59. The first-order valence-corrected chi connectivity index (χ1v) is 4.38. The van der Waals surface area contributed by atoms with Crippen molar-refractivity contribution in [3.05, 3.63) is 0 Å². The topological polar surface area (TPSA) is 74.5 Å². The molecule has 14 heavy (non-hydrogen) atoms. The summed E-state index contributed by atoms with van der Waals surface area (Å²) in [5.74, 6) is 0. The van der Waals surface area contributed by atoms with Crippen LogP contribution in [0.2, 0.25) is 0 Å². The van der Waals surface area contributed by atoms with Crippen LogP contribution in [0.4, 0.5) is 0 Å². The van der Waals surface area contributed by atoms with Crippen molar-refractivity contribution in [3.8, 4) is 0 Å². The van der Waals surface area contributed by atoms with Gasteiger partial charge in [-0.15, -0.1) is 0 Å². The molecule has 0 rings (SSSR count). The van der Waals surface area contributed by atoms with Gasteiger partial charge in [0, 0.05) is 26.3 Å². The maximum Gasteiger partial charge on any atom is 0.122 e. The predicted molar refractivity (Wildman–Crippen MR) is 51.1 cm³/mol. The molecular formula is C8H18N2O4. The summed E-state index contributed by atoms with van der Waals surface area (Å²) in [5, 5.41) is 22.0. The maximum atomic E-state index is 8.83. The number of hydrogen-bond donors (Lipinski definition) is 2. The van der Waals surface area contributed by atoms with Crippen LogP contribution in [0.3, 0.4) is 0 Å². The van der Waals surface area contributed by atoms with E-state index < -0.39 is 0 Å². The van der Waals surface area contributed by atoms with E-state index in [2.05, 4.69) is 9.99 Å². The first kappa shape index (κ1) is 13.3. The molecule has 1 atom stereocenters. The van der Waals surface area contributed by atoms with Gasteiger partial charge in [0.05, 0.1) is 6.10 Å². The highest BCUT2D eigenvalue weighted by Crippen LogP contribution is 2.02. The van der Waals surface area contributed by atoms with E-state index in [-0.39, 0.29) is 19.4 Å². The average molecular weight is 206 g/mol. The number of oxime groups is 1. The number of ether oxygens (including phenoxy) is 1. The molecule has 0 aliphatic carbocycles. The number of rotatable bonds is 8. The molecule has 0 amide bonds. The number of hydroxylamine groups is 2. The molecule has 0 aromatic carbocycles. The Hall–Kier alpha value is -0.690. The van der Waals surface area contributed by atoms with E-state index in [0.717, 1.165) is 5.06 Å². The van der Waals surface area contributed by atoms with Crippen LogP contribution < -0.4 is 0 Å². The van der Waals surface area contributed by atoms with Crippen molar-refractivity contribution in [2.24, 2.45) is 5.16 Å². The fourth-order valence-corrected chi connectivity index (χ4v) is 0.862. The van der Waals surface area contributed by atoms with Gasteiger partial charge in [0.1, 0.15) is 13.8 Å². The second-order valence-corrected chi connectivity index (χ2v) is 2.79. The highest BCUT2D eigenvalue weighted by Gasteiger charge is 2.07. The fourth-order valence-electron chi connectivity index (χ4n) is 0.862. The van der Waals surface area contributed by atoms with Crippen LogP contribution in [0, 0.1) is 0 Å². The number of aliphatic hydroxyl groups excluding tert-OH is 1. The van der Waals surface area contributed by atoms with Crippen LogP contribution in [0.1, 0.15) is 12.8 Å². The van der Waals surface area contributed by atoms with Crippen LogP contribution in [0.5, 0.6) is 0 Å². The largest absolute Gasteiger partial charge is 0.399 e. The molecular weight excluding hydrogens is 188 g/mol. The molecule has 0 aliphatic heterocycles. The van der Waals surface area contributed by atoms with Gasteiger partial charge >= 0.3 is 0 Å². The Morgan fingerprint density at radius 2 is 2.29 bits per heavy atom. The molecule has 6 nitrogen and oxygen atoms in total. The van der Waals surface area contributed by atoms with Gasteiger partial charge in [0.25, 0.3) is 0 Å².